The van der Waals surface area contributed by atoms with Crippen LogP contribution in [-0.4, -0.2) is 4.98 Å². The maximum atomic E-state index is 5.83. The maximum Gasteiger partial charge on any atom is 0.266 e. The third-order valence-corrected chi connectivity index (χ3v) is 2.49. The lowest BCUT2D eigenvalue weighted by Crippen LogP contribution is -2.23. The van der Waals surface area contributed by atoms with E-state index >= 15 is 0 Å². The first-order valence-corrected chi connectivity index (χ1v) is 4.68. The van der Waals surface area contributed by atoms with Crippen LogP contribution in [0, 0.1) is 4.84 Å². The molecule has 0 aromatic carbocycles. The van der Waals surface area contributed by atoms with E-state index in [9.17, 15) is 0 Å². The molecule has 3 nitrogen and oxygen atoms in total. The Balaban J connectivity index is 2.69. The summed E-state index contributed by atoms with van der Waals surface area (Å²) in [5, 5.41) is 0. The number of fused-ring (bicyclic) bond motifs is 1. The quantitative estimate of drug-likeness (QED) is 0.653. The third kappa shape index (κ3) is 1.16. The second-order valence-electron chi connectivity index (χ2n) is 4.34. The molecule has 4 heteroatoms. The van der Waals surface area contributed by atoms with Gasteiger partial charge in [0.25, 0.3) is 4.84 Å². The van der Waals surface area contributed by atoms with E-state index in [0.717, 1.165) is 11.5 Å². The molecule has 13 heavy (non-hydrogen) atoms. The van der Waals surface area contributed by atoms with Gasteiger partial charge in [-0.1, -0.05) is 0 Å². The normalized spacial score (nSPS) is 23.1. The average Bonchev–Trinajstić information content (AvgIpc) is 2.34. The minimum Gasteiger partial charge on any atom is -0.431 e. The van der Waals surface area contributed by atoms with Crippen LogP contribution in [0.3, 0.4) is 0 Å². The first-order valence-electron chi connectivity index (χ1n) is 4.27. The molecular formula is C9H13NO2S. The lowest BCUT2D eigenvalue weighted by atomic mass is 10.0. The van der Waals surface area contributed by atoms with E-state index < -0.39 is 0 Å². The first-order chi connectivity index (χ1) is 5.83. The minimum atomic E-state index is -0.383. The van der Waals surface area contributed by atoms with Crippen LogP contribution in [0.25, 0.3) is 0 Å². The van der Waals surface area contributed by atoms with Gasteiger partial charge >= 0.3 is 0 Å². The summed E-state index contributed by atoms with van der Waals surface area (Å²) in [4.78, 5) is 3.45. The van der Waals surface area contributed by atoms with Crippen molar-refractivity contribution in [3.8, 4) is 0 Å². The molecule has 1 aliphatic rings. The Kier molecular flexibility index (Phi) is 1.55. The lowest BCUT2D eigenvalue weighted by Gasteiger charge is -2.23. The van der Waals surface area contributed by atoms with Gasteiger partial charge in [-0.2, -0.15) is 0 Å². The minimum absolute atomic E-state index is 0.334. The summed E-state index contributed by atoms with van der Waals surface area (Å²) in [7, 11) is 0. The molecule has 0 bridgehead atoms. The topological polar surface area (TPSA) is 38.2 Å². The molecule has 0 spiro atoms. The summed E-state index contributed by atoms with van der Waals surface area (Å²) in [6.45, 7) is 7.96. The fourth-order valence-corrected chi connectivity index (χ4v) is 2.10. The monoisotopic (exact) mass is 199 g/mol. The molecule has 0 amide bonds. The molecule has 1 N–H and O–H groups in total. The highest BCUT2D eigenvalue weighted by molar-refractivity contribution is 7.71. The number of hydrogen-bond acceptors (Lipinski definition) is 3. The summed E-state index contributed by atoms with van der Waals surface area (Å²) in [6, 6.07) is 0. The van der Waals surface area contributed by atoms with Gasteiger partial charge in [0.05, 0.1) is 5.69 Å². The van der Waals surface area contributed by atoms with E-state index in [4.69, 9.17) is 21.4 Å². The van der Waals surface area contributed by atoms with Gasteiger partial charge in [-0.3, -0.25) is 0 Å². The van der Waals surface area contributed by atoms with Gasteiger partial charge in [-0.05, 0) is 39.9 Å². The maximum absolute atomic E-state index is 5.83. The van der Waals surface area contributed by atoms with Crippen LogP contribution in [0.2, 0.25) is 0 Å². The predicted octanol–water partition coefficient (Wildman–Crippen LogP) is 2.84. The largest absolute Gasteiger partial charge is 0.431 e. The van der Waals surface area contributed by atoms with E-state index in [1.54, 1.807) is 0 Å². The van der Waals surface area contributed by atoms with Crippen molar-refractivity contribution in [1.29, 1.82) is 0 Å². The third-order valence-electron chi connectivity index (χ3n) is 2.31. The molecular weight excluding hydrogens is 186 g/mol. The van der Waals surface area contributed by atoms with Crippen molar-refractivity contribution in [2.24, 2.45) is 0 Å². The van der Waals surface area contributed by atoms with Crippen LogP contribution >= 0.6 is 12.2 Å². The number of ether oxygens (including phenoxy) is 1. The number of hydrogen-bond donors (Lipinski definition) is 1. The summed E-state index contributed by atoms with van der Waals surface area (Å²) >= 11 is 4.95. The SMILES string of the molecule is CC1(C)OC(C)(C)c2oc(=S)[nH]c21. The number of aromatic amines is 1. The summed E-state index contributed by atoms with van der Waals surface area (Å²) < 4.78 is 11.2. The van der Waals surface area contributed by atoms with Gasteiger partial charge < -0.3 is 14.1 Å². The van der Waals surface area contributed by atoms with Crippen molar-refractivity contribution in [2.75, 3.05) is 0 Å². The number of oxazole rings is 1. The standard InChI is InChI=1S/C9H13NO2S/c1-8(2)5-6(9(3,4)12-8)11-7(13)10-5/h1-4H3,(H,10,13). The van der Waals surface area contributed by atoms with Gasteiger partial charge in [0.2, 0.25) is 0 Å². The number of rotatable bonds is 0. The summed E-state index contributed by atoms with van der Waals surface area (Å²) in [6.07, 6.45) is 0. The molecule has 0 atom stereocenters. The Bertz CT molecular complexity index is 365. The highest BCUT2D eigenvalue weighted by Gasteiger charge is 2.47. The molecule has 0 radical (unpaired) electrons. The molecule has 0 saturated carbocycles. The van der Waals surface area contributed by atoms with Crippen molar-refractivity contribution in [1.82, 2.24) is 4.98 Å². The number of aromatic nitrogens is 1. The number of H-pyrrole nitrogens is 1. The molecule has 1 aromatic heterocycles. The van der Waals surface area contributed by atoms with Crippen LogP contribution in [0.5, 0.6) is 0 Å². The summed E-state index contributed by atoms with van der Waals surface area (Å²) in [5.41, 5.74) is 0.244. The van der Waals surface area contributed by atoms with Crippen molar-refractivity contribution in [2.45, 2.75) is 38.9 Å². The number of nitrogens with one attached hydrogen (secondary N) is 1. The molecule has 0 unspecified atom stereocenters. The average molecular weight is 199 g/mol. The fourth-order valence-electron chi connectivity index (χ4n) is 1.91. The van der Waals surface area contributed by atoms with Gasteiger partial charge in [0.15, 0.2) is 5.76 Å². The van der Waals surface area contributed by atoms with E-state index in [1.165, 1.54) is 0 Å². The van der Waals surface area contributed by atoms with E-state index in [2.05, 4.69) is 4.98 Å². The highest BCUT2D eigenvalue weighted by atomic mass is 32.1. The Morgan fingerprint density at radius 2 is 1.77 bits per heavy atom. The molecule has 2 rings (SSSR count). The Hall–Kier alpha value is -0.610. The Morgan fingerprint density at radius 3 is 2.31 bits per heavy atom. The van der Waals surface area contributed by atoms with Crippen molar-refractivity contribution < 1.29 is 9.15 Å². The van der Waals surface area contributed by atoms with Crippen LogP contribution in [0.15, 0.2) is 4.42 Å². The highest BCUT2D eigenvalue weighted by Crippen LogP contribution is 2.45. The second-order valence-corrected chi connectivity index (χ2v) is 4.71. The molecule has 0 saturated heterocycles. The van der Waals surface area contributed by atoms with Crippen LogP contribution < -0.4 is 0 Å². The zero-order valence-corrected chi connectivity index (χ0v) is 9.04. The van der Waals surface area contributed by atoms with Crippen LogP contribution in [0.1, 0.15) is 39.1 Å². The fraction of sp³-hybridized carbons (Fsp3) is 0.667. The molecule has 2 heterocycles. The Labute approximate surface area is 82.1 Å². The van der Waals surface area contributed by atoms with E-state index in [0.29, 0.717) is 4.84 Å². The molecule has 0 fully saturated rings. The van der Waals surface area contributed by atoms with E-state index in [-0.39, 0.29) is 11.2 Å². The zero-order chi connectivity index (χ0) is 9.85. The second kappa shape index (κ2) is 2.25. The first kappa shape index (κ1) is 8.97. The zero-order valence-electron chi connectivity index (χ0n) is 8.22. The van der Waals surface area contributed by atoms with Gasteiger partial charge in [0, 0.05) is 0 Å². The van der Waals surface area contributed by atoms with Crippen molar-refractivity contribution in [3.63, 3.8) is 0 Å². The molecule has 0 aliphatic carbocycles. The smallest absolute Gasteiger partial charge is 0.266 e. The summed E-state index contributed by atoms with van der Waals surface area (Å²) in [5.74, 6) is 0.822. The molecule has 72 valence electrons. The lowest BCUT2D eigenvalue weighted by molar-refractivity contribution is -0.113. The van der Waals surface area contributed by atoms with Gasteiger partial charge in [-0.25, -0.2) is 0 Å². The van der Waals surface area contributed by atoms with Crippen LogP contribution in [-0.2, 0) is 15.9 Å². The van der Waals surface area contributed by atoms with E-state index in [1.807, 2.05) is 27.7 Å². The van der Waals surface area contributed by atoms with Gasteiger partial charge in [0.1, 0.15) is 11.2 Å². The van der Waals surface area contributed by atoms with Gasteiger partial charge in [-0.15, -0.1) is 0 Å². The van der Waals surface area contributed by atoms with Crippen molar-refractivity contribution >= 4 is 12.2 Å². The molecule has 1 aliphatic heterocycles. The molecule has 1 aromatic rings. The Morgan fingerprint density at radius 1 is 1.15 bits per heavy atom. The van der Waals surface area contributed by atoms with Crippen molar-refractivity contribution in [3.05, 3.63) is 16.3 Å². The van der Waals surface area contributed by atoms with Crippen LogP contribution in [0.4, 0.5) is 0 Å². The predicted molar refractivity (Wildman–Crippen MR) is 51.0 cm³/mol.